The molecule has 29 heavy (non-hydrogen) atoms. The van der Waals surface area contributed by atoms with Gasteiger partial charge in [0.2, 0.25) is 0 Å². The Hall–Kier alpha value is -3.07. The van der Waals surface area contributed by atoms with Crippen LogP contribution in [0.3, 0.4) is 0 Å². The van der Waals surface area contributed by atoms with Crippen LogP contribution in [0.1, 0.15) is 28.9 Å². The summed E-state index contributed by atoms with van der Waals surface area (Å²) < 4.78 is 38.3. The zero-order valence-corrected chi connectivity index (χ0v) is 15.8. The molecular weight excluding hydrogens is 382 g/mol. The largest absolute Gasteiger partial charge is 0.496 e. The first kappa shape index (κ1) is 19.3. The zero-order chi connectivity index (χ0) is 20.4. The summed E-state index contributed by atoms with van der Waals surface area (Å²) in [4.78, 5) is 16.5. The van der Waals surface area contributed by atoms with Gasteiger partial charge in [-0.3, -0.25) is 9.48 Å². The first-order chi connectivity index (χ1) is 14.0. The van der Waals surface area contributed by atoms with E-state index in [0.717, 1.165) is 31.6 Å². The SMILES string of the molecule is COc1cc2nn(C[C@H]3CCOC3)cc2cc1C(=O)Nc1cccc(C(F)F)n1. The lowest BCUT2D eigenvalue weighted by Crippen LogP contribution is -2.14. The topological polar surface area (TPSA) is 78.3 Å². The number of nitrogens with one attached hydrogen (secondary N) is 1. The molecule has 1 saturated heterocycles. The molecule has 0 bridgehead atoms. The highest BCUT2D eigenvalue weighted by Crippen LogP contribution is 2.27. The number of carbonyl (C=O) groups is 1. The summed E-state index contributed by atoms with van der Waals surface area (Å²) >= 11 is 0. The van der Waals surface area contributed by atoms with Crippen LogP contribution in [0.15, 0.2) is 36.5 Å². The maximum absolute atomic E-state index is 12.8. The van der Waals surface area contributed by atoms with Gasteiger partial charge in [0.25, 0.3) is 12.3 Å². The number of aromatic nitrogens is 3. The number of ether oxygens (including phenoxy) is 2. The maximum atomic E-state index is 12.8. The number of benzene rings is 1. The second-order valence-electron chi connectivity index (χ2n) is 6.89. The van der Waals surface area contributed by atoms with E-state index >= 15 is 0 Å². The van der Waals surface area contributed by atoms with Crippen molar-refractivity contribution in [3.8, 4) is 5.75 Å². The van der Waals surface area contributed by atoms with Gasteiger partial charge in [0.15, 0.2) is 0 Å². The third-order valence-corrected chi connectivity index (χ3v) is 4.82. The Labute approximate surface area is 165 Å². The van der Waals surface area contributed by atoms with Crippen molar-refractivity contribution >= 4 is 22.6 Å². The summed E-state index contributed by atoms with van der Waals surface area (Å²) in [5, 5.41) is 7.89. The van der Waals surface area contributed by atoms with E-state index in [9.17, 15) is 13.6 Å². The van der Waals surface area contributed by atoms with Gasteiger partial charge in [-0.1, -0.05) is 6.07 Å². The average Bonchev–Trinajstić information content (AvgIpc) is 3.36. The molecule has 3 heterocycles. The number of amides is 1. The Morgan fingerprint density at radius 3 is 3.00 bits per heavy atom. The fourth-order valence-corrected chi connectivity index (χ4v) is 3.36. The molecule has 1 fully saturated rings. The molecule has 1 atom stereocenters. The fourth-order valence-electron chi connectivity index (χ4n) is 3.36. The molecule has 0 unspecified atom stereocenters. The molecule has 1 aromatic carbocycles. The van der Waals surface area contributed by atoms with Crippen LogP contribution in [-0.4, -0.2) is 41.0 Å². The van der Waals surface area contributed by atoms with Gasteiger partial charge in [-0.25, -0.2) is 13.8 Å². The first-order valence-electron chi connectivity index (χ1n) is 9.23. The van der Waals surface area contributed by atoms with Gasteiger partial charge in [-0.05, 0) is 24.6 Å². The predicted molar refractivity (Wildman–Crippen MR) is 102 cm³/mol. The van der Waals surface area contributed by atoms with Crippen LogP contribution in [-0.2, 0) is 11.3 Å². The van der Waals surface area contributed by atoms with Crippen molar-refractivity contribution in [2.45, 2.75) is 19.4 Å². The molecule has 1 aliphatic rings. The molecule has 0 saturated carbocycles. The van der Waals surface area contributed by atoms with Crippen molar-refractivity contribution in [2.75, 3.05) is 25.6 Å². The average molecular weight is 402 g/mol. The van der Waals surface area contributed by atoms with Gasteiger partial charge in [-0.15, -0.1) is 0 Å². The number of fused-ring (bicyclic) bond motifs is 1. The summed E-state index contributed by atoms with van der Waals surface area (Å²) in [6.07, 6.45) is 0.158. The van der Waals surface area contributed by atoms with Crippen molar-refractivity contribution in [3.63, 3.8) is 0 Å². The van der Waals surface area contributed by atoms with Crippen LogP contribution in [0.4, 0.5) is 14.6 Å². The number of anilines is 1. The molecule has 9 heteroatoms. The van der Waals surface area contributed by atoms with Crippen LogP contribution in [0.2, 0.25) is 0 Å². The number of pyridine rings is 1. The number of nitrogens with zero attached hydrogens (tertiary/aromatic N) is 3. The monoisotopic (exact) mass is 402 g/mol. The Bertz CT molecular complexity index is 1030. The van der Waals surface area contributed by atoms with Crippen LogP contribution in [0.25, 0.3) is 10.9 Å². The van der Waals surface area contributed by atoms with Crippen LogP contribution in [0, 0.1) is 5.92 Å². The molecule has 152 valence electrons. The number of hydrogen-bond acceptors (Lipinski definition) is 5. The second kappa shape index (κ2) is 8.12. The van der Waals surface area contributed by atoms with E-state index in [1.165, 1.54) is 25.3 Å². The minimum absolute atomic E-state index is 0.0480. The molecule has 1 N–H and O–H groups in total. The molecule has 7 nitrogen and oxygen atoms in total. The molecule has 0 radical (unpaired) electrons. The highest BCUT2D eigenvalue weighted by molar-refractivity contribution is 6.08. The molecule has 2 aromatic heterocycles. The number of alkyl halides is 2. The van der Waals surface area contributed by atoms with E-state index in [1.807, 2.05) is 10.9 Å². The molecule has 4 rings (SSSR count). The molecule has 0 aliphatic carbocycles. The highest BCUT2D eigenvalue weighted by Gasteiger charge is 2.19. The molecular formula is C20H20F2N4O3. The highest BCUT2D eigenvalue weighted by atomic mass is 19.3. The number of halogens is 2. The summed E-state index contributed by atoms with van der Waals surface area (Å²) in [5.41, 5.74) is 0.575. The van der Waals surface area contributed by atoms with Crippen molar-refractivity contribution in [1.82, 2.24) is 14.8 Å². The van der Waals surface area contributed by atoms with E-state index in [-0.39, 0.29) is 11.4 Å². The Morgan fingerprint density at radius 1 is 1.41 bits per heavy atom. The third kappa shape index (κ3) is 4.19. The maximum Gasteiger partial charge on any atom is 0.280 e. The molecule has 1 amide bonds. The fraction of sp³-hybridized carbons (Fsp3) is 0.350. The second-order valence-corrected chi connectivity index (χ2v) is 6.89. The van der Waals surface area contributed by atoms with Crippen LogP contribution >= 0.6 is 0 Å². The predicted octanol–water partition coefficient (Wildman–Crippen LogP) is 3.67. The summed E-state index contributed by atoms with van der Waals surface area (Å²) in [6.45, 7) is 2.23. The summed E-state index contributed by atoms with van der Waals surface area (Å²) in [6, 6.07) is 7.44. The normalized spacial score (nSPS) is 16.5. The van der Waals surface area contributed by atoms with E-state index in [4.69, 9.17) is 9.47 Å². The van der Waals surface area contributed by atoms with Gasteiger partial charge in [0.05, 0.1) is 24.8 Å². The molecule has 1 aliphatic heterocycles. The Kier molecular flexibility index (Phi) is 5.39. The number of hydrogen-bond donors (Lipinski definition) is 1. The summed E-state index contributed by atoms with van der Waals surface area (Å²) in [5.74, 6) is 0.308. The van der Waals surface area contributed by atoms with Gasteiger partial charge < -0.3 is 14.8 Å². The number of rotatable bonds is 6. The van der Waals surface area contributed by atoms with Gasteiger partial charge >= 0.3 is 0 Å². The van der Waals surface area contributed by atoms with Gasteiger partial charge in [0, 0.05) is 36.7 Å². The lowest BCUT2D eigenvalue weighted by molar-refractivity contribution is 0.102. The lowest BCUT2D eigenvalue weighted by Gasteiger charge is -2.10. The van der Waals surface area contributed by atoms with Crippen molar-refractivity contribution in [2.24, 2.45) is 5.92 Å². The molecule has 3 aromatic rings. The quantitative estimate of drug-likeness (QED) is 0.681. The molecule has 0 spiro atoms. The zero-order valence-electron chi connectivity index (χ0n) is 15.8. The van der Waals surface area contributed by atoms with Crippen molar-refractivity contribution in [3.05, 3.63) is 47.8 Å². The summed E-state index contributed by atoms with van der Waals surface area (Å²) in [7, 11) is 1.46. The minimum Gasteiger partial charge on any atom is -0.496 e. The number of carbonyl (C=O) groups excluding carboxylic acids is 1. The van der Waals surface area contributed by atoms with Crippen molar-refractivity contribution < 1.29 is 23.0 Å². The van der Waals surface area contributed by atoms with Crippen molar-refractivity contribution in [1.29, 1.82) is 0 Å². The van der Waals surface area contributed by atoms with E-state index in [0.29, 0.717) is 17.2 Å². The minimum atomic E-state index is -2.71. The van der Waals surface area contributed by atoms with Crippen LogP contribution in [0.5, 0.6) is 5.75 Å². The lowest BCUT2D eigenvalue weighted by atomic mass is 10.1. The standard InChI is InChI=1S/C20H20F2N4O3/c1-28-17-8-16-13(10-26(25-16)9-12-5-6-29-11-12)7-14(17)20(27)24-18-4-2-3-15(23-18)19(21)22/h2-4,7-8,10,12,19H,5-6,9,11H2,1H3,(H,23,24,27)/t12-/m1/s1. The van der Waals surface area contributed by atoms with Gasteiger partial charge in [-0.2, -0.15) is 5.10 Å². The smallest absolute Gasteiger partial charge is 0.280 e. The van der Waals surface area contributed by atoms with E-state index < -0.39 is 18.0 Å². The Morgan fingerprint density at radius 2 is 2.28 bits per heavy atom. The van der Waals surface area contributed by atoms with E-state index in [1.54, 1.807) is 12.1 Å². The number of methoxy groups -OCH3 is 1. The Balaban J connectivity index is 1.59. The van der Waals surface area contributed by atoms with Gasteiger partial charge in [0.1, 0.15) is 17.3 Å². The first-order valence-corrected chi connectivity index (χ1v) is 9.23. The van der Waals surface area contributed by atoms with E-state index in [2.05, 4.69) is 15.4 Å². The third-order valence-electron chi connectivity index (χ3n) is 4.82. The van der Waals surface area contributed by atoms with Crippen LogP contribution < -0.4 is 10.1 Å².